The second-order valence-corrected chi connectivity index (χ2v) is 5.10. The number of carbonyl (C=O) groups is 1. The molecular formula is C18H19N3O. The summed E-state index contributed by atoms with van der Waals surface area (Å²) < 4.78 is 0. The third-order valence-corrected chi connectivity index (χ3v) is 3.39. The largest absolute Gasteiger partial charge is 0.374 e. The number of nitriles is 1. The first kappa shape index (κ1) is 15.6. The number of carbonyl (C=O) groups excluding carboxylic acids is 1. The van der Waals surface area contributed by atoms with Crippen molar-refractivity contribution in [2.45, 2.75) is 26.3 Å². The van der Waals surface area contributed by atoms with Crippen LogP contribution in [0.3, 0.4) is 0 Å². The minimum Gasteiger partial charge on any atom is -0.374 e. The zero-order chi connectivity index (χ0) is 15.9. The SMILES string of the molecule is CCc1cccc(N[C@H](C)C(=O)Nc2ccc(C#N)cc2)c1. The summed E-state index contributed by atoms with van der Waals surface area (Å²) in [5.41, 5.74) is 3.41. The molecule has 0 saturated carbocycles. The lowest BCUT2D eigenvalue weighted by Gasteiger charge is -2.16. The van der Waals surface area contributed by atoms with Gasteiger partial charge in [-0.15, -0.1) is 0 Å². The summed E-state index contributed by atoms with van der Waals surface area (Å²) in [4.78, 5) is 12.2. The maximum absolute atomic E-state index is 12.2. The predicted octanol–water partition coefficient (Wildman–Crippen LogP) is 3.56. The highest BCUT2D eigenvalue weighted by atomic mass is 16.2. The summed E-state index contributed by atoms with van der Waals surface area (Å²) in [7, 11) is 0. The van der Waals surface area contributed by atoms with Crippen LogP contribution >= 0.6 is 0 Å². The Morgan fingerprint density at radius 1 is 1.18 bits per heavy atom. The molecule has 0 aliphatic heterocycles. The molecule has 112 valence electrons. The number of amides is 1. The van der Waals surface area contributed by atoms with Crippen molar-refractivity contribution in [1.29, 1.82) is 5.26 Å². The van der Waals surface area contributed by atoms with Crippen molar-refractivity contribution >= 4 is 17.3 Å². The van der Waals surface area contributed by atoms with Crippen LogP contribution in [0.1, 0.15) is 25.0 Å². The molecule has 22 heavy (non-hydrogen) atoms. The molecule has 0 unspecified atom stereocenters. The maximum Gasteiger partial charge on any atom is 0.246 e. The Morgan fingerprint density at radius 3 is 2.55 bits per heavy atom. The standard InChI is InChI=1S/C18H19N3O/c1-3-14-5-4-6-17(11-14)20-13(2)18(22)21-16-9-7-15(12-19)8-10-16/h4-11,13,20H,3H2,1-2H3,(H,21,22)/t13-/m1/s1. The molecule has 0 fully saturated rings. The summed E-state index contributed by atoms with van der Waals surface area (Å²) in [6.45, 7) is 3.91. The smallest absolute Gasteiger partial charge is 0.246 e. The average Bonchev–Trinajstić information content (AvgIpc) is 2.55. The Labute approximate surface area is 130 Å². The van der Waals surface area contributed by atoms with Crippen molar-refractivity contribution in [3.8, 4) is 6.07 Å². The zero-order valence-electron chi connectivity index (χ0n) is 12.8. The number of anilines is 2. The van der Waals surface area contributed by atoms with E-state index in [1.54, 1.807) is 24.3 Å². The van der Waals surface area contributed by atoms with Crippen LogP contribution in [0.4, 0.5) is 11.4 Å². The summed E-state index contributed by atoms with van der Waals surface area (Å²) in [6.07, 6.45) is 0.960. The van der Waals surface area contributed by atoms with Crippen molar-refractivity contribution in [2.24, 2.45) is 0 Å². The van der Waals surface area contributed by atoms with Gasteiger partial charge in [0.2, 0.25) is 5.91 Å². The third-order valence-electron chi connectivity index (χ3n) is 3.39. The fraction of sp³-hybridized carbons (Fsp3) is 0.222. The van der Waals surface area contributed by atoms with Gasteiger partial charge in [-0.1, -0.05) is 19.1 Å². The quantitative estimate of drug-likeness (QED) is 0.886. The molecule has 2 N–H and O–H groups in total. The van der Waals surface area contributed by atoms with Crippen molar-refractivity contribution in [3.63, 3.8) is 0 Å². The van der Waals surface area contributed by atoms with Gasteiger partial charge in [0.1, 0.15) is 6.04 Å². The lowest BCUT2D eigenvalue weighted by atomic mass is 10.1. The van der Waals surface area contributed by atoms with Gasteiger partial charge in [-0.3, -0.25) is 4.79 Å². The molecule has 0 aromatic heterocycles. The molecule has 0 radical (unpaired) electrons. The van der Waals surface area contributed by atoms with Gasteiger partial charge in [0.15, 0.2) is 0 Å². The van der Waals surface area contributed by atoms with Crippen LogP contribution in [0.15, 0.2) is 48.5 Å². The normalized spacial score (nSPS) is 11.3. The highest BCUT2D eigenvalue weighted by Gasteiger charge is 2.12. The van der Waals surface area contributed by atoms with Crippen LogP contribution in [0, 0.1) is 11.3 Å². The van der Waals surface area contributed by atoms with Gasteiger partial charge < -0.3 is 10.6 Å². The Morgan fingerprint density at radius 2 is 1.91 bits per heavy atom. The second-order valence-electron chi connectivity index (χ2n) is 5.10. The molecule has 4 heteroatoms. The van der Waals surface area contributed by atoms with Gasteiger partial charge >= 0.3 is 0 Å². The van der Waals surface area contributed by atoms with E-state index in [4.69, 9.17) is 5.26 Å². The summed E-state index contributed by atoms with van der Waals surface area (Å²) in [6, 6.07) is 16.5. The number of rotatable bonds is 5. The molecular weight excluding hydrogens is 274 g/mol. The minimum atomic E-state index is -0.359. The van der Waals surface area contributed by atoms with E-state index in [0.29, 0.717) is 11.3 Å². The first-order valence-corrected chi connectivity index (χ1v) is 7.29. The van der Waals surface area contributed by atoms with Gasteiger partial charge in [0, 0.05) is 11.4 Å². The number of hydrogen-bond donors (Lipinski definition) is 2. The van der Waals surface area contributed by atoms with Gasteiger partial charge in [0.05, 0.1) is 11.6 Å². The number of hydrogen-bond acceptors (Lipinski definition) is 3. The van der Waals surface area contributed by atoms with Crippen molar-refractivity contribution in [3.05, 3.63) is 59.7 Å². The molecule has 0 spiro atoms. The fourth-order valence-corrected chi connectivity index (χ4v) is 2.08. The first-order valence-electron chi connectivity index (χ1n) is 7.29. The van der Waals surface area contributed by atoms with Gasteiger partial charge in [-0.25, -0.2) is 0 Å². The topological polar surface area (TPSA) is 64.9 Å². The number of benzene rings is 2. The molecule has 1 amide bonds. The Hall–Kier alpha value is -2.80. The van der Waals surface area contributed by atoms with Crippen LogP contribution in [0.25, 0.3) is 0 Å². The highest BCUT2D eigenvalue weighted by molar-refractivity contribution is 5.96. The van der Waals surface area contributed by atoms with Crippen LogP contribution in [-0.2, 0) is 11.2 Å². The minimum absolute atomic E-state index is 0.119. The van der Waals surface area contributed by atoms with E-state index < -0.39 is 0 Å². The molecule has 0 aliphatic rings. The summed E-state index contributed by atoms with van der Waals surface area (Å²) >= 11 is 0. The second kappa shape index (κ2) is 7.28. The van der Waals surface area contributed by atoms with Crippen LogP contribution < -0.4 is 10.6 Å². The summed E-state index contributed by atoms with van der Waals surface area (Å²) in [5.74, 6) is -0.119. The predicted molar refractivity (Wildman–Crippen MR) is 88.7 cm³/mol. The molecule has 1 atom stereocenters. The Bertz CT molecular complexity index is 686. The van der Waals surface area contributed by atoms with Gasteiger partial charge in [-0.2, -0.15) is 5.26 Å². The highest BCUT2D eigenvalue weighted by Crippen LogP contribution is 2.14. The molecule has 2 aromatic rings. The summed E-state index contributed by atoms with van der Waals surface area (Å²) in [5, 5.41) is 14.8. The Kier molecular flexibility index (Phi) is 5.16. The molecule has 2 rings (SSSR count). The van der Waals surface area contributed by atoms with Crippen LogP contribution in [0.2, 0.25) is 0 Å². The van der Waals surface area contributed by atoms with E-state index in [1.165, 1.54) is 5.56 Å². The molecule has 2 aromatic carbocycles. The average molecular weight is 293 g/mol. The molecule has 0 saturated heterocycles. The van der Waals surface area contributed by atoms with Crippen molar-refractivity contribution < 1.29 is 4.79 Å². The maximum atomic E-state index is 12.2. The van der Waals surface area contributed by atoms with E-state index in [2.05, 4.69) is 23.6 Å². The van der Waals surface area contributed by atoms with Crippen LogP contribution in [0.5, 0.6) is 0 Å². The van der Waals surface area contributed by atoms with Crippen molar-refractivity contribution in [1.82, 2.24) is 0 Å². The number of nitrogens with zero attached hydrogens (tertiary/aromatic N) is 1. The monoisotopic (exact) mass is 293 g/mol. The van der Waals surface area contributed by atoms with Crippen molar-refractivity contribution in [2.75, 3.05) is 10.6 Å². The van der Waals surface area contributed by atoms with E-state index in [-0.39, 0.29) is 11.9 Å². The zero-order valence-corrected chi connectivity index (χ0v) is 12.8. The third kappa shape index (κ3) is 4.10. The molecule has 0 aliphatic carbocycles. The number of nitrogens with one attached hydrogen (secondary N) is 2. The Balaban J connectivity index is 1.97. The van der Waals surface area contributed by atoms with E-state index in [1.807, 2.05) is 31.2 Å². The van der Waals surface area contributed by atoms with E-state index in [0.717, 1.165) is 12.1 Å². The van der Waals surface area contributed by atoms with E-state index in [9.17, 15) is 4.79 Å². The molecule has 0 heterocycles. The molecule has 4 nitrogen and oxygen atoms in total. The lowest BCUT2D eigenvalue weighted by Crippen LogP contribution is -2.31. The van der Waals surface area contributed by atoms with Gasteiger partial charge in [0.25, 0.3) is 0 Å². The van der Waals surface area contributed by atoms with Crippen LogP contribution in [-0.4, -0.2) is 11.9 Å². The first-order chi connectivity index (χ1) is 10.6. The van der Waals surface area contributed by atoms with E-state index >= 15 is 0 Å². The lowest BCUT2D eigenvalue weighted by molar-refractivity contribution is -0.116. The fourth-order valence-electron chi connectivity index (χ4n) is 2.08. The number of aryl methyl sites for hydroxylation is 1. The van der Waals surface area contributed by atoms with Gasteiger partial charge in [-0.05, 0) is 55.3 Å². The molecule has 0 bridgehead atoms.